The second kappa shape index (κ2) is 8.59. The monoisotopic (exact) mass is 346 g/mol. The van der Waals surface area contributed by atoms with E-state index in [0.717, 1.165) is 30.0 Å². The zero-order valence-electron chi connectivity index (χ0n) is 14.1. The van der Waals surface area contributed by atoms with E-state index in [4.69, 9.17) is 4.74 Å². The standard InChI is InChI=1S/C18H22N2O3S/c1-4-5-8-20-14-10-13(18(21)22)11-16(24-3)17(14)23-15-7-6-9-19-12(15)2/h6-7,9-11,20H,4-5,8H2,1-3H3,(H,21,22). The molecule has 0 bridgehead atoms. The van der Waals surface area contributed by atoms with Crippen molar-refractivity contribution in [3.05, 3.63) is 41.7 Å². The molecule has 0 unspecified atom stereocenters. The predicted molar refractivity (Wildman–Crippen MR) is 97.6 cm³/mol. The van der Waals surface area contributed by atoms with Gasteiger partial charge in [-0.05, 0) is 43.9 Å². The van der Waals surface area contributed by atoms with Crippen LogP contribution in [0.2, 0.25) is 0 Å². The Bertz CT molecular complexity index is 719. The number of aromatic nitrogens is 1. The number of unbranched alkanes of at least 4 members (excludes halogenated alkanes) is 1. The number of aryl methyl sites for hydroxylation is 1. The van der Waals surface area contributed by atoms with Crippen molar-refractivity contribution in [3.8, 4) is 11.5 Å². The van der Waals surface area contributed by atoms with Crippen LogP contribution in [0.4, 0.5) is 5.69 Å². The maximum absolute atomic E-state index is 11.4. The Balaban J connectivity index is 2.45. The molecule has 5 nitrogen and oxygen atoms in total. The molecule has 0 radical (unpaired) electrons. The number of thioether (sulfide) groups is 1. The molecule has 0 saturated carbocycles. The highest BCUT2D eigenvalue weighted by molar-refractivity contribution is 7.98. The number of benzene rings is 1. The van der Waals surface area contributed by atoms with Crippen LogP contribution in [0.3, 0.4) is 0 Å². The van der Waals surface area contributed by atoms with Gasteiger partial charge in [-0.1, -0.05) is 13.3 Å². The lowest BCUT2D eigenvalue weighted by Crippen LogP contribution is -2.06. The first-order chi connectivity index (χ1) is 11.6. The fourth-order valence-electron chi connectivity index (χ4n) is 2.20. The highest BCUT2D eigenvalue weighted by atomic mass is 32.2. The minimum atomic E-state index is -0.951. The van der Waals surface area contributed by atoms with E-state index in [2.05, 4.69) is 17.2 Å². The maximum atomic E-state index is 11.4. The van der Waals surface area contributed by atoms with Crippen molar-refractivity contribution in [1.29, 1.82) is 0 Å². The van der Waals surface area contributed by atoms with Crippen LogP contribution in [-0.2, 0) is 0 Å². The summed E-state index contributed by atoms with van der Waals surface area (Å²) >= 11 is 1.46. The quantitative estimate of drug-likeness (QED) is 0.528. The fourth-order valence-corrected chi connectivity index (χ4v) is 2.78. The van der Waals surface area contributed by atoms with Crippen LogP contribution in [0.5, 0.6) is 11.5 Å². The van der Waals surface area contributed by atoms with Crippen molar-refractivity contribution in [2.24, 2.45) is 0 Å². The van der Waals surface area contributed by atoms with Crippen molar-refractivity contribution in [2.45, 2.75) is 31.6 Å². The molecule has 1 aromatic carbocycles. The number of aromatic carboxylic acids is 1. The summed E-state index contributed by atoms with van der Waals surface area (Å²) in [6.45, 7) is 4.75. The average molecular weight is 346 g/mol. The molecule has 0 aliphatic carbocycles. The third-order valence-electron chi connectivity index (χ3n) is 3.54. The average Bonchev–Trinajstić information content (AvgIpc) is 2.57. The molecule has 0 atom stereocenters. The first kappa shape index (κ1) is 18.1. The third kappa shape index (κ3) is 4.41. The van der Waals surface area contributed by atoms with Gasteiger partial charge in [-0.2, -0.15) is 0 Å². The van der Waals surface area contributed by atoms with Crippen LogP contribution in [0.25, 0.3) is 0 Å². The van der Waals surface area contributed by atoms with Gasteiger partial charge < -0.3 is 15.2 Å². The predicted octanol–water partition coefficient (Wildman–Crippen LogP) is 4.81. The van der Waals surface area contributed by atoms with Crippen molar-refractivity contribution < 1.29 is 14.6 Å². The number of anilines is 1. The van der Waals surface area contributed by atoms with Gasteiger partial charge in [0.1, 0.15) is 5.75 Å². The maximum Gasteiger partial charge on any atom is 0.335 e. The van der Waals surface area contributed by atoms with E-state index in [-0.39, 0.29) is 5.56 Å². The SMILES string of the molecule is CCCCNc1cc(C(=O)O)cc(SC)c1Oc1cccnc1C. The van der Waals surface area contributed by atoms with Crippen molar-refractivity contribution in [2.75, 3.05) is 18.1 Å². The first-order valence-electron chi connectivity index (χ1n) is 7.85. The third-order valence-corrected chi connectivity index (χ3v) is 4.28. The van der Waals surface area contributed by atoms with E-state index < -0.39 is 5.97 Å². The van der Waals surface area contributed by atoms with Crippen LogP contribution >= 0.6 is 11.8 Å². The summed E-state index contributed by atoms with van der Waals surface area (Å²) in [7, 11) is 0. The normalized spacial score (nSPS) is 10.5. The Morgan fingerprint density at radius 3 is 2.83 bits per heavy atom. The number of carboxylic acids is 1. The van der Waals surface area contributed by atoms with E-state index in [1.807, 2.05) is 25.3 Å². The van der Waals surface area contributed by atoms with E-state index in [1.54, 1.807) is 18.3 Å². The Morgan fingerprint density at radius 1 is 1.42 bits per heavy atom. The van der Waals surface area contributed by atoms with Gasteiger partial charge in [0, 0.05) is 12.7 Å². The van der Waals surface area contributed by atoms with Crippen LogP contribution in [0, 0.1) is 6.92 Å². The number of nitrogens with zero attached hydrogens (tertiary/aromatic N) is 1. The number of nitrogens with one attached hydrogen (secondary N) is 1. The molecule has 0 aliphatic rings. The van der Waals surface area contributed by atoms with E-state index in [9.17, 15) is 9.90 Å². The van der Waals surface area contributed by atoms with Crippen molar-refractivity contribution in [3.63, 3.8) is 0 Å². The van der Waals surface area contributed by atoms with Crippen LogP contribution in [0.15, 0.2) is 35.4 Å². The molecule has 0 fully saturated rings. The minimum Gasteiger partial charge on any atom is -0.478 e. The fraction of sp³-hybridized carbons (Fsp3) is 0.333. The van der Waals surface area contributed by atoms with Gasteiger partial charge in [-0.3, -0.25) is 4.98 Å². The number of pyridine rings is 1. The second-order valence-electron chi connectivity index (χ2n) is 5.33. The van der Waals surface area contributed by atoms with Crippen molar-refractivity contribution >= 4 is 23.4 Å². The van der Waals surface area contributed by atoms with Gasteiger partial charge in [0.25, 0.3) is 0 Å². The lowest BCUT2D eigenvalue weighted by molar-refractivity contribution is 0.0696. The van der Waals surface area contributed by atoms with Gasteiger partial charge in [0.05, 0.1) is 21.8 Å². The molecule has 1 heterocycles. The lowest BCUT2D eigenvalue weighted by atomic mass is 10.1. The van der Waals surface area contributed by atoms with Gasteiger partial charge >= 0.3 is 5.97 Å². The molecule has 2 aromatic rings. The largest absolute Gasteiger partial charge is 0.478 e. The lowest BCUT2D eigenvalue weighted by Gasteiger charge is -2.17. The Labute approximate surface area is 146 Å². The summed E-state index contributed by atoms with van der Waals surface area (Å²) in [6.07, 6.45) is 5.67. The minimum absolute atomic E-state index is 0.244. The van der Waals surface area contributed by atoms with Crippen LogP contribution < -0.4 is 10.1 Å². The van der Waals surface area contributed by atoms with E-state index in [1.165, 1.54) is 11.8 Å². The Morgan fingerprint density at radius 2 is 2.21 bits per heavy atom. The smallest absolute Gasteiger partial charge is 0.335 e. The van der Waals surface area contributed by atoms with E-state index in [0.29, 0.717) is 17.2 Å². The number of ether oxygens (including phenoxy) is 1. The number of carbonyl (C=O) groups is 1. The molecule has 0 aliphatic heterocycles. The van der Waals surface area contributed by atoms with E-state index >= 15 is 0 Å². The summed E-state index contributed by atoms with van der Waals surface area (Å²) in [5.74, 6) is 0.349. The highest BCUT2D eigenvalue weighted by Gasteiger charge is 2.17. The molecule has 0 saturated heterocycles. The summed E-state index contributed by atoms with van der Waals surface area (Å²) in [5.41, 5.74) is 1.72. The first-order valence-corrected chi connectivity index (χ1v) is 9.08. The molecule has 24 heavy (non-hydrogen) atoms. The zero-order valence-corrected chi connectivity index (χ0v) is 14.9. The van der Waals surface area contributed by atoms with Gasteiger partial charge in [-0.25, -0.2) is 4.79 Å². The summed E-state index contributed by atoms with van der Waals surface area (Å²) in [5, 5.41) is 12.6. The summed E-state index contributed by atoms with van der Waals surface area (Å²) in [4.78, 5) is 16.4. The van der Waals surface area contributed by atoms with Crippen LogP contribution in [-0.4, -0.2) is 28.9 Å². The molecule has 1 aromatic heterocycles. The number of hydrogen-bond acceptors (Lipinski definition) is 5. The molecule has 6 heteroatoms. The summed E-state index contributed by atoms with van der Waals surface area (Å²) in [6, 6.07) is 6.93. The summed E-state index contributed by atoms with van der Waals surface area (Å²) < 4.78 is 6.09. The van der Waals surface area contributed by atoms with Crippen LogP contribution in [0.1, 0.15) is 35.8 Å². The number of hydrogen-bond donors (Lipinski definition) is 2. The zero-order chi connectivity index (χ0) is 17.5. The molecule has 0 amide bonds. The molecule has 0 spiro atoms. The molecule has 2 rings (SSSR count). The molecular weight excluding hydrogens is 324 g/mol. The van der Waals surface area contributed by atoms with Gasteiger partial charge in [0.2, 0.25) is 0 Å². The topological polar surface area (TPSA) is 71.5 Å². The molecule has 128 valence electrons. The van der Waals surface area contributed by atoms with Gasteiger partial charge in [0.15, 0.2) is 5.75 Å². The Kier molecular flexibility index (Phi) is 6.49. The number of carboxylic acid groups (broad SMARTS) is 1. The van der Waals surface area contributed by atoms with Gasteiger partial charge in [-0.15, -0.1) is 11.8 Å². The molecule has 2 N–H and O–H groups in total. The highest BCUT2D eigenvalue weighted by Crippen LogP contribution is 2.40. The Hall–Kier alpha value is -2.21. The van der Waals surface area contributed by atoms with Crippen molar-refractivity contribution in [1.82, 2.24) is 4.98 Å². The molecular formula is C18H22N2O3S. The number of rotatable bonds is 8. The second-order valence-corrected chi connectivity index (χ2v) is 6.18.